The van der Waals surface area contributed by atoms with Crippen LogP contribution in [-0.4, -0.2) is 32.3 Å². The van der Waals surface area contributed by atoms with Crippen LogP contribution in [0.25, 0.3) is 23.4 Å². The average Bonchev–Trinajstić information content (AvgIpc) is 3.48. The Bertz CT molecular complexity index is 1310. The molecule has 10 heteroatoms. The number of alkyl halides is 3. The summed E-state index contributed by atoms with van der Waals surface area (Å²) in [5, 5.41) is 6.47. The van der Waals surface area contributed by atoms with Crippen molar-refractivity contribution in [3.63, 3.8) is 0 Å². The molecular formula is C24H19F3N4O2S. The zero-order valence-corrected chi connectivity index (χ0v) is 18.8. The number of rotatable bonds is 7. The first-order valence-electron chi connectivity index (χ1n) is 10.3. The summed E-state index contributed by atoms with van der Waals surface area (Å²) in [5.74, 6) is -0.468. The fourth-order valence-electron chi connectivity index (χ4n) is 3.15. The van der Waals surface area contributed by atoms with Gasteiger partial charge in [0.1, 0.15) is 5.01 Å². The van der Waals surface area contributed by atoms with Gasteiger partial charge >= 0.3 is 12.1 Å². The highest BCUT2D eigenvalue weighted by Gasteiger charge is 2.31. The van der Waals surface area contributed by atoms with E-state index in [0.29, 0.717) is 27.4 Å². The van der Waals surface area contributed by atoms with E-state index < -0.39 is 17.7 Å². The van der Waals surface area contributed by atoms with Gasteiger partial charge in [-0.2, -0.15) is 18.3 Å². The highest BCUT2D eigenvalue weighted by Crippen LogP contribution is 2.34. The number of aromatic nitrogens is 4. The lowest BCUT2D eigenvalue weighted by atomic mass is 10.0. The van der Waals surface area contributed by atoms with Gasteiger partial charge in [-0.3, -0.25) is 9.67 Å². The maximum Gasteiger partial charge on any atom is 0.416 e. The van der Waals surface area contributed by atoms with E-state index in [9.17, 15) is 18.0 Å². The number of esters is 1. The predicted molar refractivity (Wildman–Crippen MR) is 123 cm³/mol. The van der Waals surface area contributed by atoms with Crippen molar-refractivity contribution in [3.8, 4) is 11.3 Å². The number of nitrogens with zero attached hydrogens (tertiary/aromatic N) is 4. The van der Waals surface area contributed by atoms with Gasteiger partial charge < -0.3 is 4.74 Å². The van der Waals surface area contributed by atoms with Crippen LogP contribution in [0.4, 0.5) is 13.2 Å². The molecule has 0 aliphatic carbocycles. The second-order valence-corrected chi connectivity index (χ2v) is 8.18. The van der Waals surface area contributed by atoms with Crippen LogP contribution in [0.1, 0.15) is 39.0 Å². The highest BCUT2D eigenvalue weighted by molar-refractivity contribution is 7.09. The molecule has 4 aromatic rings. The van der Waals surface area contributed by atoms with E-state index in [4.69, 9.17) is 4.74 Å². The zero-order chi connectivity index (χ0) is 24.1. The average molecular weight is 485 g/mol. The lowest BCUT2D eigenvalue weighted by molar-refractivity contribution is -0.137. The lowest BCUT2D eigenvalue weighted by Crippen LogP contribution is -2.05. The second kappa shape index (κ2) is 10.0. The largest absolute Gasteiger partial charge is 0.462 e. The van der Waals surface area contributed by atoms with Gasteiger partial charge in [0.05, 0.1) is 36.2 Å². The predicted octanol–water partition coefficient (Wildman–Crippen LogP) is 5.82. The van der Waals surface area contributed by atoms with Crippen LogP contribution in [0.5, 0.6) is 0 Å². The van der Waals surface area contributed by atoms with Gasteiger partial charge in [0.2, 0.25) is 0 Å². The van der Waals surface area contributed by atoms with Crippen molar-refractivity contribution in [3.05, 3.63) is 87.8 Å². The molecule has 0 bridgehead atoms. The van der Waals surface area contributed by atoms with E-state index >= 15 is 0 Å². The molecule has 0 N–H and O–H groups in total. The van der Waals surface area contributed by atoms with Gasteiger partial charge in [0.25, 0.3) is 0 Å². The lowest BCUT2D eigenvalue weighted by Gasteiger charge is -2.10. The van der Waals surface area contributed by atoms with Gasteiger partial charge in [-0.1, -0.05) is 18.2 Å². The van der Waals surface area contributed by atoms with Crippen LogP contribution >= 0.6 is 11.3 Å². The van der Waals surface area contributed by atoms with Crippen molar-refractivity contribution in [1.82, 2.24) is 19.7 Å². The van der Waals surface area contributed by atoms with Crippen molar-refractivity contribution < 1.29 is 22.7 Å². The Morgan fingerprint density at radius 3 is 2.74 bits per heavy atom. The Hall–Kier alpha value is -3.79. The summed E-state index contributed by atoms with van der Waals surface area (Å²) in [6.07, 6.45) is 5.03. The first-order chi connectivity index (χ1) is 16.3. The van der Waals surface area contributed by atoms with Crippen LogP contribution in [-0.2, 0) is 17.5 Å². The van der Waals surface area contributed by atoms with Gasteiger partial charge in [-0.05, 0) is 42.3 Å². The Kier molecular flexibility index (Phi) is 6.87. The number of carbonyl (C=O) groups excluding carboxylic acids is 1. The van der Waals surface area contributed by atoms with Gasteiger partial charge in [0.15, 0.2) is 0 Å². The van der Waals surface area contributed by atoms with Gasteiger partial charge in [-0.15, -0.1) is 11.3 Å². The molecule has 4 rings (SSSR count). The number of halogens is 3. The van der Waals surface area contributed by atoms with Crippen molar-refractivity contribution in [1.29, 1.82) is 0 Å². The Balaban J connectivity index is 1.59. The van der Waals surface area contributed by atoms with Crippen molar-refractivity contribution in [2.45, 2.75) is 19.6 Å². The quantitative estimate of drug-likeness (QED) is 0.310. The topological polar surface area (TPSA) is 69.9 Å². The molecule has 174 valence electrons. The molecule has 34 heavy (non-hydrogen) atoms. The molecule has 0 aliphatic heterocycles. The minimum atomic E-state index is -4.50. The standard InChI is InChI=1S/C24H19F3N4O2S/c1-2-33-23(32)19-12-29-31(13-19)14-22-30-21(15-34-22)18-8-17(9-20(10-18)24(25,26)27)6-5-16-4-3-7-28-11-16/h3-13,15H,2,14H2,1H3/b6-5-. The second-order valence-electron chi connectivity index (χ2n) is 7.23. The molecule has 0 amide bonds. The smallest absolute Gasteiger partial charge is 0.416 e. The van der Waals surface area contributed by atoms with Crippen molar-refractivity contribution >= 4 is 29.5 Å². The van der Waals surface area contributed by atoms with E-state index in [1.807, 2.05) is 6.07 Å². The molecule has 0 atom stereocenters. The van der Waals surface area contributed by atoms with E-state index in [1.54, 1.807) is 55.2 Å². The van der Waals surface area contributed by atoms with Crippen molar-refractivity contribution in [2.75, 3.05) is 6.61 Å². The molecule has 0 unspecified atom stereocenters. The minimum Gasteiger partial charge on any atom is -0.462 e. The molecule has 0 radical (unpaired) electrons. The third-order valence-corrected chi connectivity index (χ3v) is 5.56. The minimum absolute atomic E-state index is 0.260. The van der Waals surface area contributed by atoms with Crippen LogP contribution in [0.3, 0.4) is 0 Å². The van der Waals surface area contributed by atoms with Crippen LogP contribution in [0, 0.1) is 0 Å². The maximum atomic E-state index is 13.5. The molecule has 0 saturated heterocycles. The Morgan fingerprint density at radius 2 is 2.00 bits per heavy atom. The molecular weight excluding hydrogens is 465 g/mol. The van der Waals surface area contributed by atoms with E-state index in [1.165, 1.54) is 22.2 Å². The number of pyridine rings is 1. The zero-order valence-electron chi connectivity index (χ0n) is 18.0. The Morgan fingerprint density at radius 1 is 1.18 bits per heavy atom. The molecule has 0 spiro atoms. The molecule has 3 aromatic heterocycles. The molecule has 6 nitrogen and oxygen atoms in total. The number of benzene rings is 1. The summed E-state index contributed by atoms with van der Waals surface area (Å²) in [4.78, 5) is 20.3. The Labute approximate surface area is 197 Å². The molecule has 3 heterocycles. The number of thiazole rings is 1. The van der Waals surface area contributed by atoms with Crippen molar-refractivity contribution in [2.24, 2.45) is 0 Å². The molecule has 0 saturated carbocycles. The van der Waals surface area contributed by atoms with E-state index in [2.05, 4.69) is 15.1 Å². The van der Waals surface area contributed by atoms with Gasteiger partial charge in [0, 0.05) is 29.5 Å². The molecule has 1 aromatic carbocycles. The summed E-state index contributed by atoms with van der Waals surface area (Å²) in [7, 11) is 0. The summed E-state index contributed by atoms with van der Waals surface area (Å²) in [6, 6.07) is 7.42. The van der Waals surface area contributed by atoms with E-state index in [0.717, 1.165) is 17.7 Å². The first-order valence-corrected chi connectivity index (χ1v) is 11.1. The van der Waals surface area contributed by atoms with Crippen LogP contribution in [0.15, 0.2) is 60.5 Å². The number of carbonyl (C=O) groups is 1. The monoisotopic (exact) mass is 484 g/mol. The van der Waals surface area contributed by atoms with Crippen LogP contribution in [0.2, 0.25) is 0 Å². The SMILES string of the molecule is CCOC(=O)c1cnn(Cc2nc(-c3cc(/C=C\c4cccnc4)cc(C(F)(F)F)c3)cs2)c1. The highest BCUT2D eigenvalue weighted by atomic mass is 32.1. The number of hydrogen-bond donors (Lipinski definition) is 0. The normalized spacial score (nSPS) is 11.8. The van der Waals surface area contributed by atoms with Crippen LogP contribution < -0.4 is 0 Å². The summed E-state index contributed by atoms with van der Waals surface area (Å²) in [5.41, 5.74) is 1.53. The fraction of sp³-hybridized carbons (Fsp3) is 0.167. The first kappa shape index (κ1) is 23.4. The fourth-order valence-corrected chi connectivity index (χ4v) is 3.95. The third kappa shape index (κ3) is 5.76. The summed E-state index contributed by atoms with van der Waals surface area (Å²) in [6.45, 7) is 2.25. The summed E-state index contributed by atoms with van der Waals surface area (Å²) >= 11 is 1.30. The number of hydrogen-bond acceptors (Lipinski definition) is 6. The molecule has 0 aliphatic rings. The van der Waals surface area contributed by atoms with E-state index in [-0.39, 0.29) is 13.2 Å². The summed E-state index contributed by atoms with van der Waals surface area (Å²) < 4.78 is 47.1. The third-order valence-electron chi connectivity index (χ3n) is 4.72. The number of ether oxygens (including phenoxy) is 1. The molecule has 0 fully saturated rings. The maximum absolute atomic E-state index is 13.5. The van der Waals surface area contributed by atoms with Gasteiger partial charge in [-0.25, -0.2) is 9.78 Å².